The quantitative estimate of drug-likeness (QED) is 0.781. The fraction of sp³-hybridized carbons (Fsp3) is 0.381. The molecule has 6 heteroatoms. The Morgan fingerprint density at radius 3 is 1.96 bits per heavy atom. The van der Waals surface area contributed by atoms with Crippen molar-refractivity contribution in [3.8, 4) is 0 Å². The van der Waals surface area contributed by atoms with Crippen LogP contribution >= 0.6 is 0 Å². The minimum absolute atomic E-state index is 0.0639. The summed E-state index contributed by atoms with van der Waals surface area (Å²) < 4.78 is 0. The Balaban J connectivity index is 1.30. The van der Waals surface area contributed by atoms with Crippen molar-refractivity contribution in [1.29, 1.82) is 0 Å². The van der Waals surface area contributed by atoms with Gasteiger partial charge in [0.1, 0.15) is 0 Å². The maximum Gasteiger partial charge on any atom is 0.246 e. The highest BCUT2D eigenvalue weighted by molar-refractivity contribution is 5.91. The van der Waals surface area contributed by atoms with Gasteiger partial charge in [-0.15, -0.1) is 10.2 Å². The van der Waals surface area contributed by atoms with E-state index >= 15 is 0 Å². The van der Waals surface area contributed by atoms with Crippen LogP contribution in [-0.2, 0) is 4.79 Å². The van der Waals surface area contributed by atoms with E-state index in [9.17, 15) is 4.79 Å². The zero-order valence-corrected chi connectivity index (χ0v) is 15.5. The van der Waals surface area contributed by atoms with Gasteiger partial charge in [0, 0.05) is 45.3 Å². The number of carbonyl (C=O) groups is 1. The van der Waals surface area contributed by atoms with E-state index in [4.69, 9.17) is 0 Å². The van der Waals surface area contributed by atoms with Gasteiger partial charge in [-0.05, 0) is 36.6 Å². The maximum absolute atomic E-state index is 12.4. The van der Waals surface area contributed by atoms with Crippen molar-refractivity contribution >= 4 is 23.6 Å². The zero-order valence-electron chi connectivity index (χ0n) is 15.5. The summed E-state index contributed by atoms with van der Waals surface area (Å²) in [5.74, 6) is 1.93. The van der Waals surface area contributed by atoms with Gasteiger partial charge in [-0.1, -0.05) is 30.3 Å². The van der Waals surface area contributed by atoms with Crippen LogP contribution in [0, 0.1) is 0 Å². The summed E-state index contributed by atoms with van der Waals surface area (Å²) in [5, 5.41) is 8.81. The van der Waals surface area contributed by atoms with Gasteiger partial charge in [0.05, 0.1) is 0 Å². The molecular formula is C21H25N5O. The van der Waals surface area contributed by atoms with Crippen LogP contribution in [0.2, 0.25) is 0 Å². The topological polar surface area (TPSA) is 52.6 Å². The first-order valence-electron chi connectivity index (χ1n) is 9.65. The molecule has 6 nitrogen and oxygen atoms in total. The lowest BCUT2D eigenvalue weighted by Crippen LogP contribution is -2.48. The van der Waals surface area contributed by atoms with E-state index in [0.29, 0.717) is 13.1 Å². The Kier molecular flexibility index (Phi) is 5.32. The Bertz CT molecular complexity index is 776. The summed E-state index contributed by atoms with van der Waals surface area (Å²) in [7, 11) is 0. The molecule has 1 aromatic carbocycles. The second-order valence-electron chi connectivity index (χ2n) is 7.00. The molecule has 0 bridgehead atoms. The number of aromatic nitrogens is 2. The van der Waals surface area contributed by atoms with E-state index in [1.54, 1.807) is 6.08 Å². The average molecular weight is 363 g/mol. The minimum atomic E-state index is 0.0639. The van der Waals surface area contributed by atoms with Gasteiger partial charge >= 0.3 is 0 Å². The summed E-state index contributed by atoms with van der Waals surface area (Å²) in [6.07, 6.45) is 6.00. The largest absolute Gasteiger partial charge is 0.355 e. The highest BCUT2D eigenvalue weighted by Crippen LogP contribution is 2.20. The molecule has 0 spiro atoms. The number of rotatable bonds is 4. The maximum atomic E-state index is 12.4. The van der Waals surface area contributed by atoms with E-state index < -0.39 is 0 Å². The van der Waals surface area contributed by atoms with E-state index in [1.165, 1.54) is 12.8 Å². The zero-order chi connectivity index (χ0) is 18.5. The third-order valence-electron chi connectivity index (χ3n) is 5.20. The van der Waals surface area contributed by atoms with Crippen LogP contribution in [0.1, 0.15) is 18.4 Å². The van der Waals surface area contributed by atoms with Crippen molar-refractivity contribution in [2.75, 3.05) is 49.1 Å². The molecule has 2 aliphatic heterocycles. The monoisotopic (exact) mass is 363 g/mol. The van der Waals surface area contributed by atoms with E-state index in [1.807, 2.05) is 47.4 Å². The molecular weight excluding hydrogens is 338 g/mol. The first-order valence-corrected chi connectivity index (χ1v) is 9.65. The first kappa shape index (κ1) is 17.5. The summed E-state index contributed by atoms with van der Waals surface area (Å²) in [6.45, 7) is 5.11. The van der Waals surface area contributed by atoms with Gasteiger partial charge in [0.25, 0.3) is 0 Å². The third-order valence-corrected chi connectivity index (χ3v) is 5.20. The van der Waals surface area contributed by atoms with Crippen LogP contribution in [0.15, 0.2) is 48.5 Å². The molecule has 4 rings (SSSR count). The summed E-state index contributed by atoms with van der Waals surface area (Å²) in [4.78, 5) is 18.8. The molecule has 0 aliphatic carbocycles. The van der Waals surface area contributed by atoms with Crippen LogP contribution in [0.3, 0.4) is 0 Å². The molecule has 1 aromatic heterocycles. The normalized spacial score (nSPS) is 17.7. The van der Waals surface area contributed by atoms with Crippen molar-refractivity contribution in [3.63, 3.8) is 0 Å². The number of nitrogens with zero attached hydrogens (tertiary/aromatic N) is 5. The van der Waals surface area contributed by atoms with Crippen LogP contribution in [0.4, 0.5) is 11.6 Å². The Morgan fingerprint density at radius 1 is 0.778 bits per heavy atom. The Morgan fingerprint density at radius 2 is 1.37 bits per heavy atom. The molecule has 0 N–H and O–H groups in total. The molecule has 0 radical (unpaired) electrons. The first-order chi connectivity index (χ1) is 13.3. The smallest absolute Gasteiger partial charge is 0.246 e. The second kappa shape index (κ2) is 8.20. The number of piperazine rings is 1. The number of carbonyl (C=O) groups excluding carboxylic acids is 1. The van der Waals surface area contributed by atoms with Crippen LogP contribution in [-0.4, -0.2) is 60.3 Å². The van der Waals surface area contributed by atoms with Crippen molar-refractivity contribution < 1.29 is 4.79 Å². The molecule has 0 atom stereocenters. The van der Waals surface area contributed by atoms with Gasteiger partial charge in [-0.3, -0.25) is 4.79 Å². The molecule has 2 fully saturated rings. The molecule has 3 heterocycles. The second-order valence-corrected chi connectivity index (χ2v) is 7.00. The molecule has 2 saturated heterocycles. The summed E-state index contributed by atoms with van der Waals surface area (Å²) in [5.41, 5.74) is 1.04. The van der Waals surface area contributed by atoms with Crippen LogP contribution in [0.25, 0.3) is 6.08 Å². The Hall–Kier alpha value is -2.89. The lowest BCUT2D eigenvalue weighted by molar-refractivity contribution is -0.126. The number of anilines is 2. The van der Waals surface area contributed by atoms with Crippen LogP contribution in [0.5, 0.6) is 0 Å². The van der Waals surface area contributed by atoms with Gasteiger partial charge in [-0.2, -0.15) is 0 Å². The van der Waals surface area contributed by atoms with Gasteiger partial charge in [0.2, 0.25) is 5.91 Å². The van der Waals surface area contributed by atoms with Crippen LogP contribution < -0.4 is 9.80 Å². The molecule has 0 unspecified atom stereocenters. The van der Waals surface area contributed by atoms with Gasteiger partial charge < -0.3 is 14.7 Å². The molecule has 2 aromatic rings. The van der Waals surface area contributed by atoms with Crippen molar-refractivity contribution in [3.05, 3.63) is 54.1 Å². The molecule has 2 aliphatic rings. The van der Waals surface area contributed by atoms with Crippen molar-refractivity contribution in [2.24, 2.45) is 0 Å². The Labute approximate surface area is 160 Å². The average Bonchev–Trinajstić information content (AvgIpc) is 3.28. The number of benzene rings is 1. The SMILES string of the molecule is O=C(/C=C/c1ccccc1)N1CCN(c2ccc(N3CCCC3)nn2)CC1. The number of hydrogen-bond acceptors (Lipinski definition) is 5. The molecule has 27 heavy (non-hydrogen) atoms. The minimum Gasteiger partial charge on any atom is -0.355 e. The predicted molar refractivity (Wildman–Crippen MR) is 108 cm³/mol. The summed E-state index contributed by atoms with van der Waals surface area (Å²) >= 11 is 0. The van der Waals surface area contributed by atoms with Crippen molar-refractivity contribution in [2.45, 2.75) is 12.8 Å². The van der Waals surface area contributed by atoms with E-state index in [2.05, 4.69) is 26.1 Å². The lowest BCUT2D eigenvalue weighted by atomic mass is 10.2. The van der Waals surface area contributed by atoms with E-state index in [-0.39, 0.29) is 5.91 Å². The summed E-state index contributed by atoms with van der Waals surface area (Å²) in [6, 6.07) is 14.0. The highest BCUT2D eigenvalue weighted by atomic mass is 16.2. The van der Waals surface area contributed by atoms with Gasteiger partial charge in [-0.25, -0.2) is 0 Å². The third kappa shape index (κ3) is 4.27. The lowest BCUT2D eigenvalue weighted by Gasteiger charge is -2.34. The standard InChI is InChI=1S/C21H25N5O/c27-21(11-8-18-6-2-1-3-7-18)26-16-14-25(15-17-26)20-10-9-19(22-23-20)24-12-4-5-13-24/h1-3,6-11H,4-5,12-17H2/b11-8+. The van der Waals surface area contributed by atoms with Crippen molar-refractivity contribution in [1.82, 2.24) is 15.1 Å². The predicted octanol–water partition coefficient (Wildman–Crippen LogP) is 2.44. The highest BCUT2D eigenvalue weighted by Gasteiger charge is 2.21. The fourth-order valence-electron chi connectivity index (χ4n) is 3.59. The molecule has 140 valence electrons. The van der Waals surface area contributed by atoms with Gasteiger partial charge in [0.15, 0.2) is 11.6 Å². The number of amides is 1. The molecule has 1 amide bonds. The number of hydrogen-bond donors (Lipinski definition) is 0. The van der Waals surface area contributed by atoms with E-state index in [0.717, 1.165) is 43.4 Å². The molecule has 0 saturated carbocycles. The fourth-order valence-corrected chi connectivity index (χ4v) is 3.59.